The lowest BCUT2D eigenvalue weighted by atomic mass is 10.1. The molecule has 1 N–H and O–H groups in total. The van der Waals surface area contributed by atoms with Gasteiger partial charge in [-0.3, -0.25) is 9.59 Å². The van der Waals surface area contributed by atoms with E-state index in [0.29, 0.717) is 17.9 Å². The van der Waals surface area contributed by atoms with Gasteiger partial charge >= 0.3 is 0 Å². The van der Waals surface area contributed by atoms with Gasteiger partial charge in [0.15, 0.2) is 0 Å². The minimum Gasteiger partial charge on any atom is -0.497 e. The Labute approximate surface area is 157 Å². The third kappa shape index (κ3) is 4.38. The quantitative estimate of drug-likeness (QED) is 0.840. The smallest absolute Gasteiger partial charge is 0.255 e. The molecule has 0 spiro atoms. The predicted octanol–water partition coefficient (Wildman–Crippen LogP) is 1.87. The number of hydrogen-bond acceptors (Lipinski definition) is 5. The van der Waals surface area contributed by atoms with Crippen molar-refractivity contribution < 1.29 is 23.8 Å². The first-order chi connectivity index (χ1) is 13.1. The molecule has 2 amide bonds. The van der Waals surface area contributed by atoms with E-state index < -0.39 is 0 Å². The van der Waals surface area contributed by atoms with E-state index in [1.54, 1.807) is 48.4 Å². The Morgan fingerprint density at radius 3 is 2.59 bits per heavy atom. The first-order valence-corrected chi connectivity index (χ1v) is 8.59. The fraction of sp³-hybridized carbons (Fsp3) is 0.300. The highest BCUT2D eigenvalue weighted by Crippen LogP contribution is 2.22. The highest BCUT2D eigenvalue weighted by atomic mass is 16.5. The van der Waals surface area contributed by atoms with Crippen molar-refractivity contribution >= 4 is 17.5 Å². The summed E-state index contributed by atoms with van der Waals surface area (Å²) in [4.78, 5) is 26.3. The van der Waals surface area contributed by atoms with Crippen LogP contribution < -0.4 is 19.7 Å². The second-order valence-electron chi connectivity index (χ2n) is 6.05. The first-order valence-electron chi connectivity index (χ1n) is 8.59. The Morgan fingerprint density at radius 1 is 1.15 bits per heavy atom. The fourth-order valence-electron chi connectivity index (χ4n) is 2.89. The summed E-state index contributed by atoms with van der Waals surface area (Å²) in [6.45, 7) is 0.620. The van der Waals surface area contributed by atoms with E-state index in [9.17, 15) is 9.59 Å². The number of nitrogens with one attached hydrogen (secondary N) is 1. The van der Waals surface area contributed by atoms with Crippen molar-refractivity contribution in [3.05, 3.63) is 54.1 Å². The molecule has 0 aromatic heterocycles. The zero-order valence-corrected chi connectivity index (χ0v) is 15.3. The van der Waals surface area contributed by atoms with Crippen molar-refractivity contribution in [2.24, 2.45) is 0 Å². The molecule has 1 aliphatic rings. The van der Waals surface area contributed by atoms with Gasteiger partial charge in [0.05, 0.1) is 32.4 Å². The molecule has 1 heterocycles. The fourth-order valence-corrected chi connectivity index (χ4v) is 2.89. The monoisotopic (exact) mass is 370 g/mol. The predicted molar refractivity (Wildman–Crippen MR) is 100 cm³/mol. The number of rotatable bonds is 6. The van der Waals surface area contributed by atoms with Crippen molar-refractivity contribution in [1.29, 1.82) is 0 Å². The van der Waals surface area contributed by atoms with Crippen molar-refractivity contribution in [3.63, 3.8) is 0 Å². The molecule has 1 atom stereocenters. The van der Waals surface area contributed by atoms with E-state index in [-0.39, 0.29) is 31.1 Å². The third-order valence-electron chi connectivity index (χ3n) is 4.36. The van der Waals surface area contributed by atoms with Crippen LogP contribution in [0.2, 0.25) is 0 Å². The standard InChI is InChI=1S/C20H22N2O5/c1-25-15-9-7-14(8-10-15)22-12-16(27-13-19(22)23)11-21-20(24)17-5-3-4-6-18(17)26-2/h3-10,16H,11-13H2,1-2H3,(H,21,24). The molecule has 2 aromatic rings. The van der Waals surface area contributed by atoms with E-state index in [1.807, 2.05) is 12.1 Å². The number of methoxy groups -OCH3 is 2. The molecule has 1 saturated heterocycles. The van der Waals surface area contributed by atoms with Gasteiger partial charge in [-0.1, -0.05) is 12.1 Å². The molecule has 0 radical (unpaired) electrons. The third-order valence-corrected chi connectivity index (χ3v) is 4.36. The van der Waals surface area contributed by atoms with Crippen LogP contribution >= 0.6 is 0 Å². The summed E-state index contributed by atoms with van der Waals surface area (Å²) in [7, 11) is 3.12. The first kappa shape index (κ1) is 18.7. The summed E-state index contributed by atoms with van der Waals surface area (Å²) in [5.74, 6) is 0.867. The topological polar surface area (TPSA) is 77.1 Å². The highest BCUT2D eigenvalue weighted by molar-refractivity contribution is 5.97. The Kier molecular flexibility index (Phi) is 5.93. The number of anilines is 1. The average Bonchev–Trinajstić information content (AvgIpc) is 2.73. The van der Waals surface area contributed by atoms with Crippen LogP contribution in [0.4, 0.5) is 5.69 Å². The molecule has 1 fully saturated rings. The molecular formula is C20H22N2O5. The van der Waals surface area contributed by atoms with E-state index in [0.717, 1.165) is 11.4 Å². The molecule has 7 nitrogen and oxygen atoms in total. The molecular weight excluding hydrogens is 348 g/mol. The molecule has 2 aromatic carbocycles. The number of hydrogen-bond donors (Lipinski definition) is 1. The number of ether oxygens (including phenoxy) is 3. The van der Waals surface area contributed by atoms with Crippen molar-refractivity contribution in [1.82, 2.24) is 5.32 Å². The Balaban J connectivity index is 1.62. The summed E-state index contributed by atoms with van der Waals surface area (Å²) >= 11 is 0. The molecule has 142 valence electrons. The van der Waals surface area contributed by atoms with Crippen LogP contribution in [0.15, 0.2) is 48.5 Å². The van der Waals surface area contributed by atoms with Gasteiger partial charge in [0, 0.05) is 12.2 Å². The summed E-state index contributed by atoms with van der Waals surface area (Å²) in [6, 6.07) is 14.3. The molecule has 1 aliphatic heterocycles. The zero-order valence-electron chi connectivity index (χ0n) is 15.3. The summed E-state index contributed by atoms with van der Waals surface area (Å²) in [6.07, 6.45) is -0.302. The Bertz CT molecular complexity index is 806. The minimum absolute atomic E-state index is 0.0266. The molecule has 0 bridgehead atoms. The van der Waals surface area contributed by atoms with E-state index in [2.05, 4.69) is 5.32 Å². The van der Waals surface area contributed by atoms with E-state index in [1.165, 1.54) is 7.11 Å². The van der Waals surface area contributed by atoms with E-state index >= 15 is 0 Å². The SMILES string of the molecule is COc1ccc(N2CC(CNC(=O)c3ccccc3OC)OCC2=O)cc1. The zero-order chi connectivity index (χ0) is 19.2. The number of morpholine rings is 1. The van der Waals surface area contributed by atoms with Gasteiger partial charge in [-0.15, -0.1) is 0 Å². The molecule has 0 aliphatic carbocycles. The molecule has 27 heavy (non-hydrogen) atoms. The largest absolute Gasteiger partial charge is 0.497 e. The number of benzene rings is 2. The number of amides is 2. The summed E-state index contributed by atoms with van der Waals surface area (Å²) < 4.78 is 15.9. The van der Waals surface area contributed by atoms with Gasteiger partial charge in [0.2, 0.25) is 0 Å². The van der Waals surface area contributed by atoms with Crippen LogP contribution in [-0.4, -0.2) is 51.8 Å². The minimum atomic E-state index is -0.302. The van der Waals surface area contributed by atoms with Crippen molar-refractivity contribution in [3.8, 4) is 11.5 Å². The lowest BCUT2D eigenvalue weighted by Gasteiger charge is -2.33. The summed E-state index contributed by atoms with van der Waals surface area (Å²) in [5, 5.41) is 2.85. The maximum absolute atomic E-state index is 12.4. The second-order valence-corrected chi connectivity index (χ2v) is 6.05. The van der Waals surface area contributed by atoms with Gasteiger partial charge in [0.1, 0.15) is 18.1 Å². The van der Waals surface area contributed by atoms with Gasteiger partial charge in [-0.2, -0.15) is 0 Å². The lowest BCUT2D eigenvalue weighted by Crippen LogP contribution is -2.50. The van der Waals surface area contributed by atoms with Gasteiger partial charge in [-0.25, -0.2) is 0 Å². The molecule has 1 unspecified atom stereocenters. The van der Waals surface area contributed by atoms with Crippen molar-refractivity contribution in [2.45, 2.75) is 6.10 Å². The van der Waals surface area contributed by atoms with Crippen LogP contribution in [0.25, 0.3) is 0 Å². The normalized spacial score (nSPS) is 16.7. The van der Waals surface area contributed by atoms with Gasteiger partial charge in [-0.05, 0) is 36.4 Å². The Hall–Kier alpha value is -3.06. The molecule has 7 heteroatoms. The van der Waals surface area contributed by atoms with Crippen LogP contribution in [0.3, 0.4) is 0 Å². The average molecular weight is 370 g/mol. The van der Waals surface area contributed by atoms with Gasteiger partial charge < -0.3 is 24.4 Å². The van der Waals surface area contributed by atoms with Crippen LogP contribution in [-0.2, 0) is 9.53 Å². The summed E-state index contributed by atoms with van der Waals surface area (Å²) in [5.41, 5.74) is 1.23. The molecule has 3 rings (SSSR count). The molecule has 0 saturated carbocycles. The van der Waals surface area contributed by atoms with Crippen LogP contribution in [0.1, 0.15) is 10.4 Å². The number of carbonyl (C=O) groups excluding carboxylic acids is 2. The maximum atomic E-state index is 12.4. The number of para-hydroxylation sites is 1. The van der Waals surface area contributed by atoms with Crippen LogP contribution in [0, 0.1) is 0 Å². The van der Waals surface area contributed by atoms with Crippen molar-refractivity contribution in [2.75, 3.05) is 38.8 Å². The second kappa shape index (κ2) is 8.55. The lowest BCUT2D eigenvalue weighted by molar-refractivity contribution is -0.129. The van der Waals surface area contributed by atoms with Gasteiger partial charge in [0.25, 0.3) is 11.8 Å². The Morgan fingerprint density at radius 2 is 1.89 bits per heavy atom. The van der Waals surface area contributed by atoms with E-state index in [4.69, 9.17) is 14.2 Å². The highest BCUT2D eigenvalue weighted by Gasteiger charge is 2.28. The maximum Gasteiger partial charge on any atom is 0.255 e. The van der Waals surface area contributed by atoms with Crippen LogP contribution in [0.5, 0.6) is 11.5 Å². The number of nitrogens with zero attached hydrogens (tertiary/aromatic N) is 1. The number of carbonyl (C=O) groups is 2.